The smallest absolute Gasteiger partial charge is 0.255 e. The second-order valence-corrected chi connectivity index (χ2v) is 7.12. The Morgan fingerprint density at radius 1 is 1.03 bits per heavy atom. The van der Waals surface area contributed by atoms with Crippen molar-refractivity contribution in [3.63, 3.8) is 0 Å². The van der Waals surface area contributed by atoms with E-state index < -0.39 is 0 Å². The van der Waals surface area contributed by atoms with Crippen LogP contribution in [0.5, 0.6) is 11.5 Å². The van der Waals surface area contributed by atoms with Crippen molar-refractivity contribution in [3.05, 3.63) is 102 Å². The number of carbonyl (C=O) groups excluding carboxylic acids is 1. The molecule has 6 heteroatoms. The number of phenols is 1. The lowest BCUT2D eigenvalue weighted by atomic mass is 10.1. The normalized spacial score (nSPS) is 10.6. The number of benzene rings is 3. The van der Waals surface area contributed by atoms with Crippen LogP contribution in [0.1, 0.15) is 21.5 Å². The average molecular weight is 413 g/mol. The summed E-state index contributed by atoms with van der Waals surface area (Å²) in [6.07, 6.45) is 1.75. The molecule has 0 atom stereocenters. The van der Waals surface area contributed by atoms with Gasteiger partial charge < -0.3 is 15.2 Å². The van der Waals surface area contributed by atoms with Crippen molar-refractivity contribution in [2.75, 3.05) is 7.11 Å². The first kappa shape index (κ1) is 20.2. The molecule has 0 aliphatic heterocycles. The Kier molecular flexibility index (Phi) is 5.98. The van der Waals surface area contributed by atoms with E-state index in [4.69, 9.17) is 9.84 Å². The molecule has 0 bridgehead atoms. The predicted octanol–water partition coefficient (Wildman–Crippen LogP) is 4.24. The van der Waals surface area contributed by atoms with Crippen molar-refractivity contribution in [1.29, 1.82) is 0 Å². The molecule has 2 N–H and O–H groups in total. The van der Waals surface area contributed by atoms with E-state index in [9.17, 15) is 9.90 Å². The van der Waals surface area contributed by atoms with E-state index in [1.807, 2.05) is 60.7 Å². The lowest BCUT2D eigenvalue weighted by molar-refractivity contribution is 0.0951. The van der Waals surface area contributed by atoms with E-state index in [0.717, 1.165) is 11.1 Å². The Hall–Kier alpha value is -4.06. The van der Waals surface area contributed by atoms with Crippen LogP contribution in [0.25, 0.3) is 11.3 Å². The van der Waals surface area contributed by atoms with Gasteiger partial charge in [-0.2, -0.15) is 5.10 Å². The van der Waals surface area contributed by atoms with Gasteiger partial charge in [-0.15, -0.1) is 0 Å². The maximum absolute atomic E-state index is 13.1. The monoisotopic (exact) mass is 413 g/mol. The highest BCUT2D eigenvalue weighted by Gasteiger charge is 2.19. The van der Waals surface area contributed by atoms with Crippen LogP contribution >= 0.6 is 0 Å². The minimum absolute atomic E-state index is 0.149. The number of hydrogen-bond donors (Lipinski definition) is 2. The first-order chi connectivity index (χ1) is 15.1. The second kappa shape index (κ2) is 9.17. The first-order valence-corrected chi connectivity index (χ1v) is 9.95. The largest absolute Gasteiger partial charge is 0.508 e. The highest BCUT2D eigenvalue weighted by molar-refractivity contribution is 5.99. The summed E-state index contributed by atoms with van der Waals surface area (Å²) < 4.78 is 7.10. The molecule has 0 spiro atoms. The number of ether oxygens (including phenoxy) is 1. The Morgan fingerprint density at radius 2 is 1.81 bits per heavy atom. The van der Waals surface area contributed by atoms with Crippen LogP contribution in [0.3, 0.4) is 0 Å². The number of aromatic nitrogens is 2. The number of rotatable bonds is 7. The second-order valence-electron chi connectivity index (χ2n) is 7.12. The van der Waals surface area contributed by atoms with Gasteiger partial charge in [-0.05, 0) is 23.8 Å². The predicted molar refractivity (Wildman–Crippen MR) is 119 cm³/mol. The number of phenolic OH excluding ortho intramolecular Hbond substituents is 1. The van der Waals surface area contributed by atoms with Gasteiger partial charge in [-0.3, -0.25) is 9.48 Å². The molecule has 1 aromatic heterocycles. The van der Waals surface area contributed by atoms with Gasteiger partial charge in [-0.25, -0.2) is 0 Å². The summed E-state index contributed by atoms with van der Waals surface area (Å²) >= 11 is 0. The highest BCUT2D eigenvalue weighted by atomic mass is 16.5. The first-order valence-electron chi connectivity index (χ1n) is 9.95. The average Bonchev–Trinajstić information content (AvgIpc) is 3.23. The molecule has 1 amide bonds. The lowest BCUT2D eigenvalue weighted by Crippen LogP contribution is -2.23. The van der Waals surface area contributed by atoms with Crippen LogP contribution in [0.2, 0.25) is 0 Å². The summed E-state index contributed by atoms with van der Waals surface area (Å²) in [5, 5.41) is 17.6. The number of hydrogen-bond acceptors (Lipinski definition) is 4. The minimum atomic E-state index is -0.264. The molecule has 3 aromatic carbocycles. The van der Waals surface area contributed by atoms with Gasteiger partial charge in [0.25, 0.3) is 5.91 Å². The topological polar surface area (TPSA) is 76.4 Å². The Morgan fingerprint density at radius 3 is 2.58 bits per heavy atom. The lowest BCUT2D eigenvalue weighted by Gasteiger charge is -2.08. The number of nitrogens with zero attached hydrogens (tertiary/aromatic N) is 2. The third kappa shape index (κ3) is 4.75. The van der Waals surface area contributed by atoms with Crippen molar-refractivity contribution in [3.8, 4) is 22.8 Å². The molecule has 0 radical (unpaired) electrons. The minimum Gasteiger partial charge on any atom is -0.508 e. The molecule has 156 valence electrons. The third-order valence-corrected chi connectivity index (χ3v) is 4.97. The summed E-state index contributed by atoms with van der Waals surface area (Å²) in [4.78, 5) is 13.1. The van der Waals surface area contributed by atoms with E-state index in [1.165, 1.54) is 0 Å². The summed E-state index contributed by atoms with van der Waals surface area (Å²) in [6.45, 7) is 0.761. The molecule has 6 nitrogen and oxygen atoms in total. The van der Waals surface area contributed by atoms with Gasteiger partial charge in [0.1, 0.15) is 17.2 Å². The fourth-order valence-corrected chi connectivity index (χ4v) is 3.35. The van der Waals surface area contributed by atoms with E-state index >= 15 is 0 Å². The Balaban J connectivity index is 1.65. The molecule has 0 unspecified atom stereocenters. The number of carbonyl (C=O) groups is 1. The summed E-state index contributed by atoms with van der Waals surface area (Å²) in [5.74, 6) is 0.576. The zero-order valence-electron chi connectivity index (χ0n) is 17.2. The van der Waals surface area contributed by atoms with Crippen molar-refractivity contribution in [2.45, 2.75) is 13.1 Å². The standard InChI is InChI=1S/C25H23N3O3/c1-31-21-12-7-11-19(14-21)24-22(17-28(27-24)16-18-8-3-2-4-9-18)25(30)26-15-20-10-5-6-13-23(20)29/h2-14,17,29H,15-16H2,1H3,(H,26,30). The SMILES string of the molecule is COc1cccc(-c2nn(Cc3ccccc3)cc2C(=O)NCc2ccccc2O)c1. The van der Waals surface area contributed by atoms with Crippen molar-refractivity contribution < 1.29 is 14.6 Å². The van der Waals surface area contributed by atoms with E-state index in [-0.39, 0.29) is 18.2 Å². The molecule has 0 aliphatic carbocycles. The Bertz CT molecular complexity index is 1190. The number of para-hydroxylation sites is 1. The van der Waals surface area contributed by atoms with Gasteiger partial charge in [0, 0.05) is 23.9 Å². The molecule has 31 heavy (non-hydrogen) atoms. The van der Waals surface area contributed by atoms with Gasteiger partial charge in [0.15, 0.2) is 0 Å². The number of amides is 1. The van der Waals surface area contributed by atoms with Gasteiger partial charge in [-0.1, -0.05) is 60.7 Å². The fourth-order valence-electron chi connectivity index (χ4n) is 3.35. The van der Waals surface area contributed by atoms with Crippen molar-refractivity contribution in [2.24, 2.45) is 0 Å². The van der Waals surface area contributed by atoms with Crippen LogP contribution in [-0.4, -0.2) is 27.9 Å². The van der Waals surface area contributed by atoms with Crippen LogP contribution < -0.4 is 10.1 Å². The molecular formula is C25H23N3O3. The van der Waals surface area contributed by atoms with Gasteiger partial charge in [0.2, 0.25) is 0 Å². The molecule has 4 aromatic rings. The van der Waals surface area contributed by atoms with Crippen LogP contribution in [0.15, 0.2) is 85.1 Å². The van der Waals surface area contributed by atoms with E-state index in [1.54, 1.807) is 36.2 Å². The molecule has 0 saturated carbocycles. The molecular weight excluding hydrogens is 390 g/mol. The third-order valence-electron chi connectivity index (χ3n) is 4.97. The van der Waals surface area contributed by atoms with E-state index in [0.29, 0.717) is 29.1 Å². The van der Waals surface area contributed by atoms with Crippen molar-refractivity contribution >= 4 is 5.91 Å². The summed E-state index contributed by atoms with van der Waals surface area (Å²) in [5.41, 5.74) is 3.56. The number of aromatic hydroxyl groups is 1. The zero-order chi connectivity index (χ0) is 21.6. The van der Waals surface area contributed by atoms with Crippen LogP contribution in [-0.2, 0) is 13.1 Å². The summed E-state index contributed by atoms with van der Waals surface area (Å²) in [7, 11) is 1.60. The van der Waals surface area contributed by atoms with Crippen LogP contribution in [0.4, 0.5) is 0 Å². The Labute approximate surface area is 180 Å². The fraction of sp³-hybridized carbons (Fsp3) is 0.120. The van der Waals surface area contributed by atoms with Crippen molar-refractivity contribution in [1.82, 2.24) is 15.1 Å². The quantitative estimate of drug-likeness (QED) is 0.475. The number of nitrogens with one attached hydrogen (secondary N) is 1. The molecule has 0 saturated heterocycles. The summed E-state index contributed by atoms with van der Waals surface area (Å²) in [6, 6.07) is 24.4. The number of methoxy groups -OCH3 is 1. The van der Waals surface area contributed by atoms with Gasteiger partial charge >= 0.3 is 0 Å². The maximum atomic E-state index is 13.1. The highest BCUT2D eigenvalue weighted by Crippen LogP contribution is 2.26. The molecule has 0 aliphatic rings. The van der Waals surface area contributed by atoms with Gasteiger partial charge in [0.05, 0.1) is 19.2 Å². The molecule has 0 fully saturated rings. The maximum Gasteiger partial charge on any atom is 0.255 e. The zero-order valence-corrected chi connectivity index (χ0v) is 17.2. The van der Waals surface area contributed by atoms with E-state index in [2.05, 4.69) is 5.32 Å². The molecule has 4 rings (SSSR count). The molecule has 1 heterocycles. The van der Waals surface area contributed by atoms with Crippen LogP contribution in [0, 0.1) is 0 Å².